The predicted molar refractivity (Wildman–Crippen MR) is 83.6 cm³/mol. The van der Waals surface area contributed by atoms with Gasteiger partial charge in [-0.05, 0) is 6.92 Å². The van der Waals surface area contributed by atoms with Crippen LogP contribution in [-0.2, 0) is 20.1 Å². The number of rotatable bonds is 1. The molecule has 4 heterocycles. The fourth-order valence-corrected chi connectivity index (χ4v) is 3.19. The number of hydrogen-bond donors (Lipinski definition) is 1. The molecule has 3 aromatic rings. The molecule has 7 nitrogen and oxygen atoms in total. The third kappa shape index (κ3) is 1.62. The van der Waals surface area contributed by atoms with E-state index in [2.05, 4.69) is 25.0 Å². The molecule has 0 atom stereocenters. The Labute approximate surface area is 127 Å². The molecule has 0 saturated heterocycles. The van der Waals surface area contributed by atoms with E-state index < -0.39 is 0 Å². The van der Waals surface area contributed by atoms with Crippen LogP contribution in [0, 0.1) is 6.92 Å². The monoisotopic (exact) mass is 298 g/mol. The minimum Gasteiger partial charge on any atom is -0.362 e. The Balaban J connectivity index is 2.18. The van der Waals surface area contributed by atoms with Gasteiger partial charge in [-0.15, -0.1) is 0 Å². The van der Waals surface area contributed by atoms with Crippen LogP contribution in [0.15, 0.2) is 10.9 Å². The van der Waals surface area contributed by atoms with Gasteiger partial charge in [0.15, 0.2) is 0 Å². The van der Waals surface area contributed by atoms with E-state index in [1.54, 1.807) is 6.33 Å². The van der Waals surface area contributed by atoms with Gasteiger partial charge in [-0.25, -0.2) is 9.97 Å². The summed E-state index contributed by atoms with van der Waals surface area (Å²) >= 11 is 0. The molecule has 1 aliphatic heterocycles. The van der Waals surface area contributed by atoms with Gasteiger partial charge in [0, 0.05) is 51.1 Å². The predicted octanol–water partition coefficient (Wildman–Crippen LogP) is 1.60. The van der Waals surface area contributed by atoms with Gasteiger partial charge in [-0.3, -0.25) is 0 Å². The first-order valence-electron chi connectivity index (χ1n) is 7.25. The lowest BCUT2D eigenvalue weighted by Gasteiger charge is -2.12. The van der Waals surface area contributed by atoms with Gasteiger partial charge in [0.05, 0.1) is 5.39 Å². The molecular weight excluding hydrogens is 280 g/mol. The van der Waals surface area contributed by atoms with Crippen molar-refractivity contribution in [3.05, 3.63) is 23.3 Å². The number of aromatic nitrogens is 4. The standard InChI is InChI=1S/C15H18N6O/c1-8-9-5-16-6-10-11(13(9)19-22-8)12-14(20(2)3)17-7-18-15(12)21(10)4/h7,16H,5-6H2,1-4H3. The minimum absolute atomic E-state index is 0.756. The third-order valence-corrected chi connectivity index (χ3v) is 4.31. The lowest BCUT2D eigenvalue weighted by molar-refractivity contribution is 0.397. The van der Waals surface area contributed by atoms with E-state index in [0.717, 1.165) is 58.2 Å². The van der Waals surface area contributed by atoms with Crippen LogP contribution >= 0.6 is 0 Å². The number of aryl methyl sites for hydroxylation is 2. The van der Waals surface area contributed by atoms with Crippen molar-refractivity contribution in [2.45, 2.75) is 20.0 Å². The van der Waals surface area contributed by atoms with E-state index in [0.29, 0.717) is 0 Å². The van der Waals surface area contributed by atoms with E-state index in [-0.39, 0.29) is 0 Å². The molecule has 0 amide bonds. The van der Waals surface area contributed by atoms with Gasteiger partial charge in [0.1, 0.15) is 29.2 Å². The first-order valence-corrected chi connectivity index (χ1v) is 7.25. The quantitative estimate of drug-likeness (QED) is 0.736. The first kappa shape index (κ1) is 13.3. The average molecular weight is 298 g/mol. The summed E-state index contributed by atoms with van der Waals surface area (Å²) in [5.41, 5.74) is 5.17. The molecule has 0 aliphatic carbocycles. The van der Waals surface area contributed by atoms with Crippen molar-refractivity contribution in [2.24, 2.45) is 7.05 Å². The Morgan fingerprint density at radius 2 is 2.09 bits per heavy atom. The van der Waals surface area contributed by atoms with E-state index in [1.165, 1.54) is 0 Å². The van der Waals surface area contributed by atoms with Crippen LogP contribution in [0.5, 0.6) is 0 Å². The molecule has 1 N–H and O–H groups in total. The van der Waals surface area contributed by atoms with Crippen molar-refractivity contribution < 1.29 is 4.52 Å². The van der Waals surface area contributed by atoms with Crippen molar-refractivity contribution in [3.63, 3.8) is 0 Å². The van der Waals surface area contributed by atoms with Crippen LogP contribution in [0.25, 0.3) is 22.3 Å². The first-order chi connectivity index (χ1) is 10.6. The molecule has 0 fully saturated rings. The van der Waals surface area contributed by atoms with E-state index >= 15 is 0 Å². The average Bonchev–Trinajstić information content (AvgIpc) is 2.91. The summed E-state index contributed by atoms with van der Waals surface area (Å²) < 4.78 is 7.55. The maximum Gasteiger partial charge on any atom is 0.146 e. The second-order valence-electron chi connectivity index (χ2n) is 5.84. The summed E-state index contributed by atoms with van der Waals surface area (Å²) in [6.45, 7) is 3.48. The largest absolute Gasteiger partial charge is 0.362 e. The summed E-state index contributed by atoms with van der Waals surface area (Å²) in [6.07, 6.45) is 1.61. The smallest absolute Gasteiger partial charge is 0.146 e. The van der Waals surface area contributed by atoms with E-state index in [4.69, 9.17) is 4.52 Å². The van der Waals surface area contributed by atoms with E-state index in [1.807, 2.05) is 33.0 Å². The zero-order valence-electron chi connectivity index (χ0n) is 13.1. The second kappa shape index (κ2) is 4.54. The SMILES string of the molecule is Cc1onc2c1CNCc1c-2c2c(N(C)C)ncnc2n1C. The van der Waals surface area contributed by atoms with Gasteiger partial charge in [-0.1, -0.05) is 5.16 Å². The molecule has 0 saturated carbocycles. The molecule has 0 radical (unpaired) electrons. The Morgan fingerprint density at radius 3 is 2.86 bits per heavy atom. The van der Waals surface area contributed by atoms with Crippen LogP contribution in [0.1, 0.15) is 17.0 Å². The van der Waals surface area contributed by atoms with Crippen LogP contribution in [-0.4, -0.2) is 33.8 Å². The fourth-order valence-electron chi connectivity index (χ4n) is 3.19. The Kier molecular flexibility index (Phi) is 2.74. The Hall–Kier alpha value is -2.41. The summed E-state index contributed by atoms with van der Waals surface area (Å²) in [4.78, 5) is 10.9. The molecule has 3 aromatic heterocycles. The molecule has 4 rings (SSSR count). The highest BCUT2D eigenvalue weighted by atomic mass is 16.5. The summed E-state index contributed by atoms with van der Waals surface area (Å²) in [7, 11) is 6.02. The number of nitrogens with one attached hydrogen (secondary N) is 1. The van der Waals surface area contributed by atoms with Gasteiger partial charge in [0.2, 0.25) is 0 Å². The number of anilines is 1. The molecule has 0 bridgehead atoms. The summed E-state index contributed by atoms with van der Waals surface area (Å²) in [6, 6.07) is 0. The minimum atomic E-state index is 0.756. The maximum atomic E-state index is 5.43. The van der Waals surface area contributed by atoms with Crippen molar-refractivity contribution in [1.29, 1.82) is 0 Å². The van der Waals surface area contributed by atoms with Crippen molar-refractivity contribution in [3.8, 4) is 11.3 Å². The van der Waals surface area contributed by atoms with Crippen molar-refractivity contribution in [2.75, 3.05) is 19.0 Å². The van der Waals surface area contributed by atoms with Gasteiger partial charge < -0.3 is 19.3 Å². The highest BCUT2D eigenvalue weighted by Crippen LogP contribution is 2.40. The lowest BCUT2D eigenvalue weighted by Crippen LogP contribution is -2.13. The molecule has 114 valence electrons. The van der Waals surface area contributed by atoms with Gasteiger partial charge in [0.25, 0.3) is 0 Å². The molecule has 0 spiro atoms. The molecule has 0 unspecified atom stereocenters. The molecule has 0 aromatic carbocycles. The van der Waals surface area contributed by atoms with E-state index in [9.17, 15) is 0 Å². The summed E-state index contributed by atoms with van der Waals surface area (Å²) in [5.74, 6) is 1.76. The Morgan fingerprint density at radius 1 is 1.27 bits per heavy atom. The topological polar surface area (TPSA) is 72.0 Å². The fraction of sp³-hybridized carbons (Fsp3) is 0.400. The number of nitrogens with zero attached hydrogens (tertiary/aromatic N) is 5. The zero-order chi connectivity index (χ0) is 15.4. The second-order valence-corrected chi connectivity index (χ2v) is 5.84. The van der Waals surface area contributed by atoms with Crippen molar-refractivity contribution >= 4 is 16.9 Å². The maximum absolute atomic E-state index is 5.43. The number of fused-ring (bicyclic) bond motifs is 5. The highest BCUT2D eigenvalue weighted by molar-refractivity contribution is 6.03. The lowest BCUT2D eigenvalue weighted by atomic mass is 10.0. The molecule has 22 heavy (non-hydrogen) atoms. The molecular formula is C15H18N6O. The zero-order valence-corrected chi connectivity index (χ0v) is 13.1. The Bertz CT molecular complexity index is 876. The number of hydrogen-bond acceptors (Lipinski definition) is 6. The van der Waals surface area contributed by atoms with Crippen LogP contribution < -0.4 is 10.2 Å². The summed E-state index contributed by atoms with van der Waals surface area (Å²) in [5, 5.41) is 8.80. The third-order valence-electron chi connectivity index (χ3n) is 4.31. The molecule has 7 heteroatoms. The normalized spacial score (nSPS) is 13.8. The van der Waals surface area contributed by atoms with Gasteiger partial charge >= 0.3 is 0 Å². The van der Waals surface area contributed by atoms with Crippen molar-refractivity contribution in [1.82, 2.24) is 25.0 Å². The van der Waals surface area contributed by atoms with Crippen LogP contribution in [0.3, 0.4) is 0 Å². The van der Waals surface area contributed by atoms with Crippen LogP contribution in [0.4, 0.5) is 5.82 Å². The molecule has 1 aliphatic rings. The highest BCUT2D eigenvalue weighted by Gasteiger charge is 2.28. The van der Waals surface area contributed by atoms with Crippen LogP contribution in [0.2, 0.25) is 0 Å². The van der Waals surface area contributed by atoms with Gasteiger partial charge in [-0.2, -0.15) is 0 Å².